The zero-order valence-electron chi connectivity index (χ0n) is 9.74. The molecule has 0 radical (unpaired) electrons. The van der Waals surface area contributed by atoms with Crippen LogP contribution in [0.4, 0.5) is 0 Å². The summed E-state index contributed by atoms with van der Waals surface area (Å²) in [7, 11) is 1.66. The summed E-state index contributed by atoms with van der Waals surface area (Å²) in [6.45, 7) is 2.02. The van der Waals surface area contributed by atoms with Gasteiger partial charge in [0.1, 0.15) is 5.75 Å². The average Bonchev–Trinajstić information content (AvgIpc) is 2.76. The van der Waals surface area contributed by atoms with Gasteiger partial charge in [-0.2, -0.15) is 11.3 Å². The van der Waals surface area contributed by atoms with Crippen LogP contribution in [0.25, 0.3) is 0 Å². The predicted molar refractivity (Wildman–Crippen MR) is 75.7 cm³/mol. The van der Waals surface area contributed by atoms with E-state index in [1.165, 1.54) is 0 Å². The second-order valence-corrected chi connectivity index (χ2v) is 5.66. The van der Waals surface area contributed by atoms with Crippen LogP contribution in [0.15, 0.2) is 39.5 Å². The molecule has 2 aromatic rings. The highest BCUT2D eigenvalue weighted by Gasteiger charge is 2.26. The fourth-order valence-electron chi connectivity index (χ4n) is 1.74. The normalized spacial score (nSPS) is 14.4. The predicted octanol–water partition coefficient (Wildman–Crippen LogP) is 3.74. The largest absolute Gasteiger partial charge is 0.497 e. The van der Waals surface area contributed by atoms with Crippen molar-refractivity contribution < 1.29 is 4.74 Å². The van der Waals surface area contributed by atoms with Crippen LogP contribution in [0.3, 0.4) is 0 Å². The summed E-state index contributed by atoms with van der Waals surface area (Å²) in [6, 6.07) is 7.87. The maximum Gasteiger partial charge on any atom is 0.118 e. The summed E-state index contributed by atoms with van der Waals surface area (Å²) >= 11 is 5.18. The van der Waals surface area contributed by atoms with Crippen molar-refractivity contribution in [3.8, 4) is 5.75 Å². The van der Waals surface area contributed by atoms with Crippen molar-refractivity contribution in [1.29, 1.82) is 0 Å². The third-order valence-electron chi connectivity index (χ3n) is 2.86. The highest BCUT2D eigenvalue weighted by Crippen LogP contribution is 2.34. The lowest BCUT2D eigenvalue weighted by molar-refractivity contribution is 0.414. The molecule has 0 amide bonds. The summed E-state index contributed by atoms with van der Waals surface area (Å²) in [6.07, 6.45) is 0. The fraction of sp³-hybridized carbons (Fsp3) is 0.231. The topological polar surface area (TPSA) is 35.2 Å². The van der Waals surface area contributed by atoms with Gasteiger partial charge < -0.3 is 10.5 Å². The molecule has 1 heterocycles. The average molecular weight is 312 g/mol. The van der Waals surface area contributed by atoms with Crippen molar-refractivity contribution in [1.82, 2.24) is 0 Å². The quantitative estimate of drug-likeness (QED) is 0.937. The van der Waals surface area contributed by atoms with E-state index < -0.39 is 5.54 Å². The van der Waals surface area contributed by atoms with Crippen molar-refractivity contribution >= 4 is 27.3 Å². The van der Waals surface area contributed by atoms with E-state index in [0.717, 1.165) is 21.3 Å². The molecule has 17 heavy (non-hydrogen) atoms. The van der Waals surface area contributed by atoms with Crippen molar-refractivity contribution in [2.24, 2.45) is 5.73 Å². The Morgan fingerprint density at radius 1 is 1.24 bits per heavy atom. The first-order valence-corrected chi connectivity index (χ1v) is 6.95. The molecule has 0 aliphatic heterocycles. The van der Waals surface area contributed by atoms with E-state index in [2.05, 4.69) is 21.3 Å². The van der Waals surface area contributed by atoms with E-state index in [4.69, 9.17) is 10.5 Å². The second kappa shape index (κ2) is 4.80. The zero-order chi connectivity index (χ0) is 12.5. The molecule has 0 saturated heterocycles. The number of thiophene rings is 1. The molecule has 0 saturated carbocycles. The first-order valence-electron chi connectivity index (χ1n) is 5.21. The van der Waals surface area contributed by atoms with Gasteiger partial charge in [0.15, 0.2) is 0 Å². The molecule has 1 aromatic heterocycles. The lowest BCUT2D eigenvalue weighted by Gasteiger charge is -2.25. The Bertz CT molecular complexity index is 504. The number of hydrogen-bond donors (Lipinski definition) is 1. The van der Waals surface area contributed by atoms with E-state index in [0.29, 0.717) is 0 Å². The summed E-state index contributed by atoms with van der Waals surface area (Å²) in [5.41, 5.74) is 8.11. The Labute approximate surface area is 114 Å². The van der Waals surface area contributed by atoms with Gasteiger partial charge in [0.05, 0.1) is 12.6 Å². The van der Waals surface area contributed by atoms with Crippen molar-refractivity contribution in [2.75, 3.05) is 7.11 Å². The maximum absolute atomic E-state index is 6.43. The minimum atomic E-state index is -0.495. The Hall–Kier alpha value is -0.840. The van der Waals surface area contributed by atoms with E-state index in [9.17, 15) is 0 Å². The van der Waals surface area contributed by atoms with Gasteiger partial charge in [-0.3, -0.25) is 0 Å². The van der Waals surface area contributed by atoms with Crippen LogP contribution in [0.2, 0.25) is 0 Å². The van der Waals surface area contributed by atoms with Gasteiger partial charge in [0.25, 0.3) is 0 Å². The van der Waals surface area contributed by atoms with E-state index in [1.807, 2.05) is 36.6 Å². The number of hydrogen-bond acceptors (Lipinski definition) is 3. The van der Waals surface area contributed by atoms with E-state index in [-0.39, 0.29) is 0 Å². The standard InChI is InChI=1S/C13H14BrNOS/c1-13(15,11-7-17-8-12(11)14)9-3-5-10(16-2)6-4-9/h3-8H,15H2,1-2H3. The molecule has 1 atom stereocenters. The van der Waals surface area contributed by atoms with Gasteiger partial charge in [-0.1, -0.05) is 12.1 Å². The molecular formula is C13H14BrNOS. The molecule has 0 aliphatic carbocycles. The first kappa shape index (κ1) is 12.6. The number of ether oxygens (including phenoxy) is 1. The molecule has 2 rings (SSSR count). The molecule has 90 valence electrons. The highest BCUT2D eigenvalue weighted by molar-refractivity contribution is 9.10. The number of nitrogens with two attached hydrogens (primary N) is 1. The van der Waals surface area contributed by atoms with Crippen LogP contribution in [-0.4, -0.2) is 7.11 Å². The Morgan fingerprint density at radius 3 is 2.35 bits per heavy atom. The van der Waals surface area contributed by atoms with Gasteiger partial charge in [-0.05, 0) is 45.9 Å². The zero-order valence-corrected chi connectivity index (χ0v) is 12.1. The SMILES string of the molecule is COc1ccc(C(C)(N)c2cscc2Br)cc1. The summed E-state index contributed by atoms with van der Waals surface area (Å²) in [4.78, 5) is 0. The minimum absolute atomic E-state index is 0.495. The Kier molecular flexibility index (Phi) is 3.56. The van der Waals surface area contributed by atoms with Crippen LogP contribution in [0.1, 0.15) is 18.1 Å². The molecule has 2 N–H and O–H groups in total. The summed E-state index contributed by atoms with van der Waals surface area (Å²) < 4.78 is 6.21. The molecule has 4 heteroatoms. The smallest absolute Gasteiger partial charge is 0.118 e. The van der Waals surface area contributed by atoms with E-state index in [1.54, 1.807) is 18.4 Å². The highest BCUT2D eigenvalue weighted by atomic mass is 79.9. The molecule has 0 fully saturated rings. The van der Waals surface area contributed by atoms with E-state index >= 15 is 0 Å². The van der Waals surface area contributed by atoms with Gasteiger partial charge in [0.2, 0.25) is 0 Å². The molecule has 0 aliphatic rings. The second-order valence-electron chi connectivity index (χ2n) is 4.06. The molecule has 0 spiro atoms. The van der Waals surface area contributed by atoms with Crippen LogP contribution in [0.5, 0.6) is 5.75 Å². The van der Waals surface area contributed by atoms with Crippen molar-refractivity contribution in [3.63, 3.8) is 0 Å². The molecular weight excluding hydrogens is 298 g/mol. The van der Waals surface area contributed by atoms with Crippen LogP contribution in [-0.2, 0) is 5.54 Å². The molecule has 0 bridgehead atoms. The van der Waals surface area contributed by atoms with Crippen molar-refractivity contribution in [2.45, 2.75) is 12.5 Å². The molecule has 1 aromatic carbocycles. The third-order valence-corrected chi connectivity index (χ3v) is 4.57. The number of benzene rings is 1. The van der Waals surface area contributed by atoms with Crippen molar-refractivity contribution in [3.05, 3.63) is 50.6 Å². The Morgan fingerprint density at radius 2 is 1.88 bits per heavy atom. The first-order chi connectivity index (χ1) is 8.05. The lowest BCUT2D eigenvalue weighted by atomic mass is 9.87. The van der Waals surface area contributed by atoms with Gasteiger partial charge in [-0.25, -0.2) is 0 Å². The van der Waals surface area contributed by atoms with Crippen LogP contribution < -0.4 is 10.5 Å². The lowest BCUT2D eigenvalue weighted by Crippen LogP contribution is -2.34. The van der Waals surface area contributed by atoms with Gasteiger partial charge in [-0.15, -0.1) is 0 Å². The number of rotatable bonds is 3. The minimum Gasteiger partial charge on any atom is -0.497 e. The maximum atomic E-state index is 6.43. The van der Waals surface area contributed by atoms with Crippen LogP contribution in [0, 0.1) is 0 Å². The van der Waals surface area contributed by atoms with Gasteiger partial charge >= 0.3 is 0 Å². The Balaban J connectivity index is 2.40. The molecule has 2 nitrogen and oxygen atoms in total. The summed E-state index contributed by atoms with van der Waals surface area (Å²) in [5, 5.41) is 4.12. The third kappa shape index (κ3) is 2.39. The number of methoxy groups -OCH3 is 1. The fourth-order valence-corrected chi connectivity index (χ4v) is 3.57. The monoisotopic (exact) mass is 311 g/mol. The van der Waals surface area contributed by atoms with Gasteiger partial charge in [0, 0.05) is 15.4 Å². The van der Waals surface area contributed by atoms with Crippen LogP contribution >= 0.6 is 27.3 Å². The summed E-state index contributed by atoms with van der Waals surface area (Å²) in [5.74, 6) is 0.842. The number of halogens is 1. The molecule has 1 unspecified atom stereocenters.